The van der Waals surface area contributed by atoms with Crippen LogP contribution in [-0.4, -0.2) is 68.7 Å². The molecular formula is C20H38N4O2. The molecule has 6 nitrogen and oxygen atoms in total. The molecule has 0 radical (unpaired) electrons. The fraction of sp³-hybridized carbons (Fsp3) is 0.850. The number of ether oxygens (including phenoxy) is 2. The maximum atomic E-state index is 5.80. The monoisotopic (exact) mass is 366 g/mol. The summed E-state index contributed by atoms with van der Waals surface area (Å²) in [6.07, 6.45) is 6.71. The van der Waals surface area contributed by atoms with Gasteiger partial charge in [0, 0.05) is 55.9 Å². The van der Waals surface area contributed by atoms with Crippen LogP contribution in [0.1, 0.15) is 56.7 Å². The normalized spacial score (nSPS) is 17.9. The highest BCUT2D eigenvalue weighted by molar-refractivity contribution is 5.21. The number of hydrogen-bond acceptors (Lipinski definition) is 5. The number of nitrogens with zero attached hydrogens (tertiary/aromatic N) is 2. The number of hydrogen-bond donors (Lipinski definition) is 2. The van der Waals surface area contributed by atoms with Gasteiger partial charge in [-0.2, -0.15) is 5.10 Å². The van der Waals surface area contributed by atoms with E-state index in [1.54, 1.807) is 0 Å². The van der Waals surface area contributed by atoms with E-state index in [2.05, 4.69) is 47.5 Å². The fourth-order valence-corrected chi connectivity index (χ4v) is 3.95. The second kappa shape index (κ2) is 11.0. The van der Waals surface area contributed by atoms with Gasteiger partial charge in [0.2, 0.25) is 0 Å². The zero-order chi connectivity index (χ0) is 18.8. The van der Waals surface area contributed by atoms with E-state index in [9.17, 15) is 0 Å². The Morgan fingerprint density at radius 1 is 1.23 bits per heavy atom. The largest absolute Gasteiger partial charge is 0.381 e. The SMILES string of the molecule is CCOCC1(COCC)CCC(c2n[nH]cc2CN(C)CCNC)CC1. The third-order valence-corrected chi connectivity index (χ3v) is 5.59. The number of H-pyrrole nitrogens is 1. The lowest BCUT2D eigenvalue weighted by atomic mass is 9.70. The van der Waals surface area contributed by atoms with Gasteiger partial charge in [-0.25, -0.2) is 0 Å². The van der Waals surface area contributed by atoms with Crippen molar-refractivity contribution in [2.45, 2.75) is 52.0 Å². The first kappa shape index (κ1) is 21.4. The van der Waals surface area contributed by atoms with Crippen molar-refractivity contribution < 1.29 is 9.47 Å². The van der Waals surface area contributed by atoms with Gasteiger partial charge >= 0.3 is 0 Å². The van der Waals surface area contributed by atoms with Crippen LogP contribution in [0.25, 0.3) is 0 Å². The first-order valence-corrected chi connectivity index (χ1v) is 10.1. The highest BCUT2D eigenvalue weighted by atomic mass is 16.5. The molecule has 1 heterocycles. The van der Waals surface area contributed by atoms with E-state index in [1.807, 2.05) is 7.05 Å². The zero-order valence-corrected chi connectivity index (χ0v) is 17.1. The summed E-state index contributed by atoms with van der Waals surface area (Å²) in [5, 5.41) is 10.9. The van der Waals surface area contributed by atoms with Gasteiger partial charge in [-0.1, -0.05) is 0 Å². The number of aromatic nitrogens is 2. The van der Waals surface area contributed by atoms with Crippen LogP contribution in [-0.2, 0) is 16.0 Å². The Morgan fingerprint density at radius 3 is 2.46 bits per heavy atom. The summed E-state index contributed by atoms with van der Waals surface area (Å²) in [5.41, 5.74) is 2.79. The Bertz CT molecular complexity index is 488. The maximum absolute atomic E-state index is 5.80. The van der Waals surface area contributed by atoms with Gasteiger partial charge < -0.3 is 19.7 Å². The molecule has 0 aromatic carbocycles. The second-order valence-corrected chi connectivity index (χ2v) is 7.69. The predicted molar refractivity (Wildman–Crippen MR) is 105 cm³/mol. The van der Waals surface area contributed by atoms with E-state index in [0.29, 0.717) is 5.92 Å². The highest BCUT2D eigenvalue weighted by Gasteiger charge is 2.37. The molecule has 26 heavy (non-hydrogen) atoms. The van der Waals surface area contributed by atoms with Crippen LogP contribution >= 0.6 is 0 Å². The Kier molecular flexibility index (Phi) is 9.05. The average molecular weight is 367 g/mol. The first-order valence-electron chi connectivity index (χ1n) is 10.1. The van der Waals surface area contributed by atoms with E-state index >= 15 is 0 Å². The molecule has 0 spiro atoms. The van der Waals surface area contributed by atoms with Gasteiger partial charge in [0.25, 0.3) is 0 Å². The summed E-state index contributed by atoms with van der Waals surface area (Å²) in [6.45, 7) is 10.3. The molecule has 1 aliphatic carbocycles. The molecule has 6 heteroatoms. The molecule has 2 N–H and O–H groups in total. The van der Waals surface area contributed by atoms with Crippen LogP contribution in [0.2, 0.25) is 0 Å². The summed E-state index contributed by atoms with van der Waals surface area (Å²) in [7, 11) is 4.17. The summed E-state index contributed by atoms with van der Waals surface area (Å²) >= 11 is 0. The lowest BCUT2D eigenvalue weighted by Gasteiger charge is -2.39. The first-order chi connectivity index (χ1) is 12.6. The molecule has 2 rings (SSSR count). The molecule has 0 amide bonds. The number of likely N-dealkylation sites (N-methyl/N-ethyl adjacent to an activating group) is 2. The van der Waals surface area contributed by atoms with Gasteiger partial charge in [0.05, 0.1) is 18.9 Å². The van der Waals surface area contributed by atoms with Crippen molar-refractivity contribution in [1.82, 2.24) is 20.4 Å². The number of nitrogens with one attached hydrogen (secondary N) is 2. The highest BCUT2D eigenvalue weighted by Crippen LogP contribution is 2.44. The standard InChI is InChI=1S/C20H38N4O2/c1-5-25-15-20(16-26-6-2)9-7-17(8-10-20)19-18(13-22-23-19)14-24(4)12-11-21-3/h13,17,21H,5-12,14-16H2,1-4H3,(H,22,23). The number of aromatic amines is 1. The molecule has 0 unspecified atom stereocenters. The van der Waals surface area contributed by atoms with Gasteiger partial charge in [-0.3, -0.25) is 5.10 Å². The Balaban J connectivity index is 1.95. The molecule has 0 saturated heterocycles. The van der Waals surface area contributed by atoms with Crippen LogP contribution in [0.15, 0.2) is 6.20 Å². The fourth-order valence-electron chi connectivity index (χ4n) is 3.95. The minimum absolute atomic E-state index is 0.183. The molecule has 1 aromatic heterocycles. The van der Waals surface area contributed by atoms with Crippen molar-refractivity contribution in [3.63, 3.8) is 0 Å². The molecule has 1 saturated carbocycles. The minimum Gasteiger partial charge on any atom is -0.381 e. The van der Waals surface area contributed by atoms with Crippen molar-refractivity contribution in [2.75, 3.05) is 53.6 Å². The van der Waals surface area contributed by atoms with Gasteiger partial charge in [-0.15, -0.1) is 0 Å². The Morgan fingerprint density at radius 2 is 1.88 bits per heavy atom. The van der Waals surface area contributed by atoms with E-state index < -0.39 is 0 Å². The van der Waals surface area contributed by atoms with Crippen molar-refractivity contribution in [3.8, 4) is 0 Å². The van der Waals surface area contributed by atoms with E-state index in [4.69, 9.17) is 9.47 Å². The molecule has 1 aliphatic rings. The van der Waals surface area contributed by atoms with Gasteiger partial charge in [-0.05, 0) is 53.6 Å². The molecule has 150 valence electrons. The van der Waals surface area contributed by atoms with Crippen molar-refractivity contribution >= 4 is 0 Å². The van der Waals surface area contributed by atoms with Gasteiger partial charge in [0.15, 0.2) is 0 Å². The molecular weight excluding hydrogens is 328 g/mol. The third kappa shape index (κ3) is 6.05. The second-order valence-electron chi connectivity index (χ2n) is 7.69. The summed E-state index contributed by atoms with van der Waals surface area (Å²) in [5.74, 6) is 0.547. The van der Waals surface area contributed by atoms with Crippen LogP contribution in [0.3, 0.4) is 0 Å². The van der Waals surface area contributed by atoms with E-state index in [-0.39, 0.29) is 5.41 Å². The lowest BCUT2D eigenvalue weighted by Crippen LogP contribution is -2.36. The topological polar surface area (TPSA) is 62.4 Å². The van der Waals surface area contributed by atoms with Crippen molar-refractivity contribution in [1.29, 1.82) is 0 Å². The third-order valence-electron chi connectivity index (χ3n) is 5.59. The summed E-state index contributed by atoms with van der Waals surface area (Å²) in [6, 6.07) is 0. The van der Waals surface area contributed by atoms with Crippen molar-refractivity contribution in [3.05, 3.63) is 17.5 Å². The smallest absolute Gasteiger partial charge is 0.0697 e. The quantitative estimate of drug-likeness (QED) is 0.596. The molecule has 0 atom stereocenters. The van der Waals surface area contributed by atoms with Gasteiger partial charge in [0.1, 0.15) is 0 Å². The number of rotatable bonds is 12. The predicted octanol–water partition coefficient (Wildman–Crippen LogP) is 2.78. The van der Waals surface area contributed by atoms with Crippen LogP contribution in [0.5, 0.6) is 0 Å². The molecule has 0 bridgehead atoms. The summed E-state index contributed by atoms with van der Waals surface area (Å²) < 4.78 is 11.6. The van der Waals surface area contributed by atoms with Crippen LogP contribution in [0.4, 0.5) is 0 Å². The minimum atomic E-state index is 0.183. The van der Waals surface area contributed by atoms with Crippen molar-refractivity contribution in [2.24, 2.45) is 5.41 Å². The van der Waals surface area contributed by atoms with E-state index in [1.165, 1.54) is 11.3 Å². The average Bonchev–Trinajstić information content (AvgIpc) is 3.11. The molecule has 0 aliphatic heterocycles. The zero-order valence-electron chi connectivity index (χ0n) is 17.1. The van der Waals surface area contributed by atoms with E-state index in [0.717, 1.165) is 71.7 Å². The molecule has 1 aromatic rings. The molecule has 1 fully saturated rings. The van der Waals surface area contributed by atoms with Crippen LogP contribution in [0, 0.1) is 5.41 Å². The maximum Gasteiger partial charge on any atom is 0.0697 e. The Labute approximate surface area is 159 Å². The summed E-state index contributed by atoms with van der Waals surface area (Å²) in [4.78, 5) is 2.35. The van der Waals surface area contributed by atoms with Crippen LogP contribution < -0.4 is 5.32 Å². The lowest BCUT2D eigenvalue weighted by molar-refractivity contribution is -0.0397. The Hall–Kier alpha value is -0.950.